The van der Waals surface area contributed by atoms with Gasteiger partial charge in [-0.2, -0.15) is 0 Å². The Balaban J connectivity index is 2.54. The normalized spacial score (nSPS) is 10.4. The molecule has 0 spiro atoms. The predicted molar refractivity (Wildman–Crippen MR) is 62.9 cm³/mol. The van der Waals surface area contributed by atoms with Gasteiger partial charge in [0.25, 0.3) is 0 Å². The maximum absolute atomic E-state index is 11.2. The second kappa shape index (κ2) is 6.48. The van der Waals surface area contributed by atoms with Gasteiger partial charge in [-0.1, -0.05) is 24.3 Å². The molecule has 0 atom stereocenters. The summed E-state index contributed by atoms with van der Waals surface area (Å²) in [6, 6.07) is 7.01. The molecule has 4 heteroatoms. The van der Waals surface area contributed by atoms with E-state index in [0.29, 0.717) is 12.0 Å². The molecule has 0 amide bonds. The molecule has 0 fully saturated rings. The van der Waals surface area contributed by atoms with Crippen LogP contribution < -0.4 is 0 Å². The van der Waals surface area contributed by atoms with Crippen molar-refractivity contribution in [2.75, 3.05) is 7.11 Å². The number of allylic oxidation sites excluding steroid dienone is 1. The maximum Gasteiger partial charge on any atom is 0.337 e. The molecule has 1 rings (SSSR count). The molecule has 1 aromatic rings. The number of esters is 1. The molecule has 0 aromatic heterocycles. The van der Waals surface area contributed by atoms with Crippen molar-refractivity contribution in [3.63, 3.8) is 0 Å². The number of hydrogen-bond acceptors (Lipinski definition) is 3. The summed E-state index contributed by atoms with van der Waals surface area (Å²) in [4.78, 5) is 21.4. The average Bonchev–Trinajstić information content (AvgIpc) is 2.34. The first-order valence-electron chi connectivity index (χ1n) is 5.17. The monoisotopic (exact) mass is 234 g/mol. The van der Waals surface area contributed by atoms with Gasteiger partial charge in [0, 0.05) is 0 Å². The predicted octanol–water partition coefficient (Wildman–Crippen LogP) is 2.05. The summed E-state index contributed by atoms with van der Waals surface area (Å²) in [6.45, 7) is 0. The van der Waals surface area contributed by atoms with Crippen LogP contribution in [0.25, 0.3) is 0 Å². The lowest BCUT2D eigenvalue weighted by atomic mass is 10.1. The fourth-order valence-electron chi connectivity index (χ4n) is 1.30. The number of carboxylic acids is 1. The van der Waals surface area contributed by atoms with Crippen LogP contribution in [0.1, 0.15) is 22.3 Å². The number of hydrogen-bond donors (Lipinski definition) is 1. The van der Waals surface area contributed by atoms with Crippen molar-refractivity contribution in [2.45, 2.75) is 12.8 Å². The third-order valence-electron chi connectivity index (χ3n) is 2.19. The van der Waals surface area contributed by atoms with E-state index in [0.717, 1.165) is 5.56 Å². The van der Waals surface area contributed by atoms with E-state index in [-0.39, 0.29) is 12.4 Å². The first-order chi connectivity index (χ1) is 8.13. The second-order valence-electron chi connectivity index (χ2n) is 3.46. The molecule has 0 aliphatic rings. The van der Waals surface area contributed by atoms with Crippen molar-refractivity contribution in [1.82, 2.24) is 0 Å². The Morgan fingerprint density at radius 1 is 1.24 bits per heavy atom. The van der Waals surface area contributed by atoms with Gasteiger partial charge in [-0.3, -0.25) is 4.79 Å². The molecule has 0 bridgehead atoms. The fraction of sp³-hybridized carbons (Fsp3) is 0.231. The smallest absolute Gasteiger partial charge is 0.337 e. The van der Waals surface area contributed by atoms with Crippen molar-refractivity contribution in [2.24, 2.45) is 0 Å². The van der Waals surface area contributed by atoms with Gasteiger partial charge in [0.2, 0.25) is 0 Å². The van der Waals surface area contributed by atoms with E-state index in [9.17, 15) is 9.59 Å². The summed E-state index contributed by atoms with van der Waals surface area (Å²) in [6.07, 6.45) is 4.08. The number of rotatable bonds is 5. The summed E-state index contributed by atoms with van der Waals surface area (Å²) in [5.41, 5.74) is 1.52. The molecule has 0 saturated carbocycles. The number of carbonyl (C=O) groups is 2. The minimum Gasteiger partial charge on any atom is -0.481 e. The highest BCUT2D eigenvalue weighted by Gasteiger charge is 2.03. The molecule has 90 valence electrons. The number of benzene rings is 1. The number of carboxylic acid groups (broad SMARTS) is 1. The van der Waals surface area contributed by atoms with E-state index in [2.05, 4.69) is 4.74 Å². The summed E-state index contributed by atoms with van der Waals surface area (Å²) in [7, 11) is 1.34. The van der Waals surface area contributed by atoms with Crippen molar-refractivity contribution < 1.29 is 19.4 Å². The Bertz CT molecular complexity index is 418. The van der Waals surface area contributed by atoms with Gasteiger partial charge in [-0.25, -0.2) is 4.79 Å². The Morgan fingerprint density at radius 2 is 1.88 bits per heavy atom. The van der Waals surface area contributed by atoms with Crippen LogP contribution in [0.3, 0.4) is 0 Å². The number of methoxy groups -OCH3 is 1. The summed E-state index contributed by atoms with van der Waals surface area (Å²) in [5.74, 6) is -1.21. The van der Waals surface area contributed by atoms with Gasteiger partial charge < -0.3 is 9.84 Å². The van der Waals surface area contributed by atoms with E-state index < -0.39 is 5.97 Å². The fourth-order valence-corrected chi connectivity index (χ4v) is 1.30. The zero-order valence-electron chi connectivity index (χ0n) is 9.55. The molecule has 0 unspecified atom stereocenters. The zero-order valence-corrected chi connectivity index (χ0v) is 9.55. The minimum atomic E-state index is -0.845. The van der Waals surface area contributed by atoms with Crippen LogP contribution >= 0.6 is 0 Å². The van der Waals surface area contributed by atoms with E-state index in [1.54, 1.807) is 24.3 Å². The third-order valence-corrected chi connectivity index (χ3v) is 2.19. The minimum absolute atomic E-state index is 0.0280. The molecule has 1 N–H and O–H groups in total. The Labute approximate surface area is 99.5 Å². The van der Waals surface area contributed by atoms with Crippen LogP contribution in [-0.4, -0.2) is 24.2 Å². The SMILES string of the molecule is COC(=O)c1ccc(C/C=C/CC(=O)O)cc1. The van der Waals surface area contributed by atoms with Crippen molar-refractivity contribution >= 4 is 11.9 Å². The van der Waals surface area contributed by atoms with E-state index >= 15 is 0 Å². The highest BCUT2D eigenvalue weighted by atomic mass is 16.5. The maximum atomic E-state index is 11.2. The molecular weight excluding hydrogens is 220 g/mol. The summed E-state index contributed by atoms with van der Waals surface area (Å²) in [5, 5.41) is 8.43. The largest absolute Gasteiger partial charge is 0.481 e. The topological polar surface area (TPSA) is 63.6 Å². The van der Waals surface area contributed by atoms with E-state index in [1.807, 2.05) is 12.1 Å². The lowest BCUT2D eigenvalue weighted by Gasteiger charge is -2.00. The van der Waals surface area contributed by atoms with Gasteiger partial charge in [-0.05, 0) is 24.1 Å². The molecule has 0 aliphatic carbocycles. The van der Waals surface area contributed by atoms with Gasteiger partial charge in [-0.15, -0.1) is 0 Å². The molecular formula is C13H14O4. The lowest BCUT2D eigenvalue weighted by molar-refractivity contribution is -0.136. The lowest BCUT2D eigenvalue weighted by Crippen LogP contribution is -2.00. The van der Waals surface area contributed by atoms with Crippen molar-refractivity contribution in [3.05, 3.63) is 47.5 Å². The molecule has 17 heavy (non-hydrogen) atoms. The van der Waals surface area contributed by atoms with Gasteiger partial charge in [0.1, 0.15) is 0 Å². The van der Waals surface area contributed by atoms with Crippen molar-refractivity contribution in [3.8, 4) is 0 Å². The van der Waals surface area contributed by atoms with Gasteiger partial charge >= 0.3 is 11.9 Å². The first kappa shape index (κ1) is 13.0. The molecule has 0 aliphatic heterocycles. The van der Waals surface area contributed by atoms with E-state index in [4.69, 9.17) is 5.11 Å². The quantitative estimate of drug-likeness (QED) is 0.625. The Morgan fingerprint density at radius 3 is 2.41 bits per heavy atom. The average molecular weight is 234 g/mol. The van der Waals surface area contributed by atoms with Crippen LogP contribution in [0, 0.1) is 0 Å². The number of ether oxygens (including phenoxy) is 1. The second-order valence-corrected chi connectivity index (χ2v) is 3.46. The first-order valence-corrected chi connectivity index (χ1v) is 5.17. The van der Waals surface area contributed by atoms with Crippen LogP contribution in [0.2, 0.25) is 0 Å². The van der Waals surface area contributed by atoms with Crippen molar-refractivity contribution in [1.29, 1.82) is 0 Å². The molecule has 0 radical (unpaired) electrons. The van der Waals surface area contributed by atoms with Crippen LogP contribution in [-0.2, 0) is 16.0 Å². The van der Waals surface area contributed by atoms with Crippen LogP contribution in [0.5, 0.6) is 0 Å². The highest BCUT2D eigenvalue weighted by molar-refractivity contribution is 5.89. The van der Waals surface area contributed by atoms with Gasteiger partial charge in [0.15, 0.2) is 0 Å². The Kier molecular flexibility index (Phi) is 4.94. The molecule has 1 aromatic carbocycles. The molecule has 0 saturated heterocycles. The number of aliphatic carboxylic acids is 1. The van der Waals surface area contributed by atoms with E-state index in [1.165, 1.54) is 7.11 Å². The summed E-state index contributed by atoms with van der Waals surface area (Å²) < 4.78 is 4.58. The van der Waals surface area contributed by atoms with Crippen LogP contribution in [0.4, 0.5) is 0 Å². The molecule has 0 heterocycles. The van der Waals surface area contributed by atoms with Crippen LogP contribution in [0.15, 0.2) is 36.4 Å². The molecule has 4 nitrogen and oxygen atoms in total. The highest BCUT2D eigenvalue weighted by Crippen LogP contribution is 2.07. The standard InChI is InChI=1S/C13H14O4/c1-17-13(16)11-8-6-10(7-9-11)4-2-3-5-12(14)15/h2-3,6-9H,4-5H2,1H3,(H,14,15)/b3-2+. The summed E-state index contributed by atoms with van der Waals surface area (Å²) >= 11 is 0. The van der Waals surface area contributed by atoms with Gasteiger partial charge in [0.05, 0.1) is 19.1 Å². The Hall–Kier alpha value is -2.10. The zero-order chi connectivity index (χ0) is 12.7. The number of carbonyl (C=O) groups excluding carboxylic acids is 1. The third kappa shape index (κ3) is 4.51.